The van der Waals surface area contributed by atoms with Crippen LogP contribution in [0.3, 0.4) is 0 Å². The van der Waals surface area contributed by atoms with E-state index in [2.05, 4.69) is 20.9 Å². The number of hydrogen-bond acceptors (Lipinski definition) is 2. The number of benzene rings is 1. The van der Waals surface area contributed by atoms with E-state index in [1.165, 1.54) is 0 Å². The zero-order chi connectivity index (χ0) is 13.1. The van der Waals surface area contributed by atoms with Crippen molar-refractivity contribution in [2.75, 3.05) is 0 Å². The van der Waals surface area contributed by atoms with E-state index in [4.69, 9.17) is 27.9 Å². The highest BCUT2D eigenvalue weighted by atomic mass is 79.9. The molecule has 0 bridgehead atoms. The maximum absolute atomic E-state index is 5.94. The molecule has 0 saturated carbocycles. The summed E-state index contributed by atoms with van der Waals surface area (Å²) < 4.78 is 6.70. The monoisotopic (exact) mass is 345 g/mol. The number of rotatable bonds is 3. The van der Waals surface area contributed by atoms with Gasteiger partial charge in [-0.05, 0) is 36.2 Å². The molecule has 2 aromatic rings. The van der Waals surface area contributed by atoms with E-state index in [-0.39, 0.29) is 0 Å². The molecule has 94 valence electrons. The van der Waals surface area contributed by atoms with Crippen molar-refractivity contribution in [3.05, 3.63) is 51.1 Å². The van der Waals surface area contributed by atoms with Crippen molar-refractivity contribution in [1.29, 1.82) is 0 Å². The Morgan fingerprint density at radius 1 is 1.33 bits per heavy atom. The Kier molecular flexibility index (Phi) is 4.49. The van der Waals surface area contributed by atoms with Crippen molar-refractivity contribution >= 4 is 39.1 Å². The second kappa shape index (κ2) is 5.91. The van der Waals surface area contributed by atoms with E-state index in [0.29, 0.717) is 16.8 Å². The second-order valence-electron chi connectivity index (χ2n) is 3.76. The molecule has 1 heterocycles. The van der Waals surface area contributed by atoms with E-state index in [0.717, 1.165) is 21.3 Å². The summed E-state index contributed by atoms with van der Waals surface area (Å²) in [6.45, 7) is 2.00. The lowest BCUT2D eigenvalue weighted by Crippen LogP contribution is -1.91. The van der Waals surface area contributed by atoms with Crippen LogP contribution in [-0.2, 0) is 5.88 Å². The summed E-state index contributed by atoms with van der Waals surface area (Å²) in [5.41, 5.74) is 1.90. The molecule has 0 N–H and O–H groups in total. The molecule has 0 aliphatic carbocycles. The predicted octanol–water partition coefficient (Wildman–Crippen LogP) is 5.34. The fourth-order valence-corrected chi connectivity index (χ4v) is 2.12. The largest absolute Gasteiger partial charge is 0.439 e. The summed E-state index contributed by atoms with van der Waals surface area (Å²) in [7, 11) is 0. The first kappa shape index (κ1) is 13.7. The summed E-state index contributed by atoms with van der Waals surface area (Å²) in [5, 5.41) is 0.546. The molecule has 1 aromatic heterocycles. The fourth-order valence-electron chi connectivity index (χ4n) is 1.42. The summed E-state index contributed by atoms with van der Waals surface area (Å²) in [6.07, 6.45) is 1.54. The lowest BCUT2D eigenvalue weighted by Gasteiger charge is -2.08. The van der Waals surface area contributed by atoms with Gasteiger partial charge in [0.25, 0.3) is 0 Å². The first-order valence-corrected chi connectivity index (χ1v) is 6.95. The van der Waals surface area contributed by atoms with Gasteiger partial charge in [-0.15, -0.1) is 11.6 Å². The predicted molar refractivity (Wildman–Crippen MR) is 77.8 cm³/mol. The molecule has 0 fully saturated rings. The molecular formula is C13H10BrCl2NO. The lowest BCUT2D eigenvalue weighted by atomic mass is 10.2. The number of aromatic nitrogens is 1. The highest BCUT2D eigenvalue weighted by molar-refractivity contribution is 9.10. The molecule has 0 radical (unpaired) electrons. The highest BCUT2D eigenvalue weighted by Gasteiger charge is 2.05. The van der Waals surface area contributed by atoms with Crippen molar-refractivity contribution in [3.8, 4) is 11.6 Å². The summed E-state index contributed by atoms with van der Waals surface area (Å²) in [5.74, 6) is 1.54. The van der Waals surface area contributed by atoms with Crippen LogP contribution in [0, 0.1) is 6.92 Å². The average Bonchev–Trinajstić information content (AvgIpc) is 2.36. The number of halogens is 3. The van der Waals surface area contributed by atoms with Gasteiger partial charge in [0.1, 0.15) is 5.75 Å². The quantitative estimate of drug-likeness (QED) is 0.700. The van der Waals surface area contributed by atoms with Gasteiger partial charge in [-0.1, -0.05) is 27.5 Å². The van der Waals surface area contributed by atoms with Gasteiger partial charge >= 0.3 is 0 Å². The van der Waals surface area contributed by atoms with Crippen LogP contribution >= 0.6 is 39.1 Å². The van der Waals surface area contributed by atoms with Crippen molar-refractivity contribution in [2.24, 2.45) is 0 Å². The van der Waals surface area contributed by atoms with E-state index >= 15 is 0 Å². The Morgan fingerprint density at radius 3 is 2.78 bits per heavy atom. The average molecular weight is 347 g/mol. The van der Waals surface area contributed by atoms with Gasteiger partial charge in [-0.2, -0.15) is 0 Å². The van der Waals surface area contributed by atoms with Gasteiger partial charge in [0.05, 0.1) is 5.02 Å². The maximum Gasteiger partial charge on any atom is 0.219 e. The SMILES string of the molecule is Cc1cc(Oc2cc(CCl)c(Cl)cn2)ccc1Br. The topological polar surface area (TPSA) is 22.1 Å². The molecule has 2 nitrogen and oxygen atoms in total. The minimum atomic E-state index is 0.330. The third-order valence-corrected chi connectivity index (χ3v) is 3.92. The Balaban J connectivity index is 2.25. The lowest BCUT2D eigenvalue weighted by molar-refractivity contribution is 0.462. The number of aryl methyl sites for hydroxylation is 1. The van der Waals surface area contributed by atoms with Crippen molar-refractivity contribution in [2.45, 2.75) is 12.8 Å². The third-order valence-electron chi connectivity index (χ3n) is 2.41. The van der Waals surface area contributed by atoms with Crippen molar-refractivity contribution in [1.82, 2.24) is 4.98 Å². The first-order chi connectivity index (χ1) is 8.60. The number of ether oxygens (including phenoxy) is 1. The molecule has 0 unspecified atom stereocenters. The summed E-state index contributed by atoms with van der Waals surface area (Å²) >= 11 is 15.2. The highest BCUT2D eigenvalue weighted by Crippen LogP contribution is 2.27. The van der Waals surface area contributed by atoms with Crippen LogP contribution in [0.4, 0.5) is 0 Å². The number of hydrogen-bond donors (Lipinski definition) is 0. The molecule has 18 heavy (non-hydrogen) atoms. The molecule has 1 aromatic carbocycles. The zero-order valence-corrected chi connectivity index (χ0v) is 12.7. The number of pyridine rings is 1. The Labute approximate surface area is 124 Å². The Morgan fingerprint density at radius 2 is 2.11 bits per heavy atom. The first-order valence-electron chi connectivity index (χ1n) is 5.24. The third kappa shape index (κ3) is 3.16. The van der Waals surface area contributed by atoms with Gasteiger partial charge in [0.15, 0.2) is 0 Å². The normalized spacial score (nSPS) is 10.4. The van der Waals surface area contributed by atoms with E-state index in [1.807, 2.05) is 25.1 Å². The molecule has 0 saturated heterocycles. The van der Waals surface area contributed by atoms with Crippen LogP contribution in [0.1, 0.15) is 11.1 Å². The van der Waals surface area contributed by atoms with Crippen LogP contribution in [0.5, 0.6) is 11.6 Å². The van der Waals surface area contributed by atoms with E-state index in [1.54, 1.807) is 12.3 Å². The van der Waals surface area contributed by atoms with Crippen molar-refractivity contribution in [3.63, 3.8) is 0 Å². The minimum absolute atomic E-state index is 0.330. The standard InChI is InChI=1S/C13H10BrCl2NO/c1-8-4-10(2-3-11(8)14)18-13-5-9(6-15)12(16)7-17-13/h2-5,7H,6H2,1H3. The van der Waals surface area contributed by atoms with E-state index < -0.39 is 0 Å². The smallest absolute Gasteiger partial charge is 0.219 e. The molecule has 0 amide bonds. The van der Waals surface area contributed by atoms with Crippen molar-refractivity contribution < 1.29 is 4.74 Å². The molecule has 0 spiro atoms. The Hall–Kier alpha value is -0.770. The van der Waals surface area contributed by atoms with Crippen LogP contribution in [-0.4, -0.2) is 4.98 Å². The Bertz CT molecular complexity index is 575. The molecule has 0 aliphatic heterocycles. The van der Waals surface area contributed by atoms with Crippen LogP contribution in [0.25, 0.3) is 0 Å². The van der Waals surface area contributed by atoms with E-state index in [9.17, 15) is 0 Å². The molecule has 2 rings (SSSR count). The van der Waals surface area contributed by atoms with Crippen LogP contribution in [0.2, 0.25) is 5.02 Å². The van der Waals surface area contributed by atoms with Gasteiger partial charge in [0.2, 0.25) is 5.88 Å². The van der Waals surface area contributed by atoms with Gasteiger partial charge < -0.3 is 4.74 Å². The second-order valence-corrected chi connectivity index (χ2v) is 5.29. The molecule has 0 aliphatic rings. The minimum Gasteiger partial charge on any atom is -0.439 e. The van der Waals surface area contributed by atoms with Gasteiger partial charge in [0, 0.05) is 22.6 Å². The van der Waals surface area contributed by atoms with Crippen LogP contribution in [0.15, 0.2) is 34.9 Å². The summed E-state index contributed by atoms with van der Waals surface area (Å²) in [6, 6.07) is 7.48. The fraction of sp³-hybridized carbons (Fsp3) is 0.154. The van der Waals surface area contributed by atoms with Crippen LogP contribution < -0.4 is 4.74 Å². The number of nitrogens with zero attached hydrogens (tertiary/aromatic N) is 1. The molecular weight excluding hydrogens is 337 g/mol. The molecule has 5 heteroatoms. The van der Waals surface area contributed by atoms with Gasteiger partial charge in [-0.25, -0.2) is 4.98 Å². The zero-order valence-electron chi connectivity index (χ0n) is 9.58. The summed E-state index contributed by atoms with van der Waals surface area (Å²) in [4.78, 5) is 4.11. The number of alkyl halides is 1. The molecule has 0 atom stereocenters. The maximum atomic E-state index is 5.94. The van der Waals surface area contributed by atoms with Gasteiger partial charge in [-0.3, -0.25) is 0 Å².